The molecule has 0 aliphatic rings. The lowest BCUT2D eigenvalue weighted by atomic mass is 9.87. The number of carbonyl (C=O) groups is 2. The van der Waals surface area contributed by atoms with Gasteiger partial charge in [-0.3, -0.25) is 14.3 Å². The summed E-state index contributed by atoms with van der Waals surface area (Å²) in [6.07, 6.45) is 0. The van der Waals surface area contributed by atoms with E-state index < -0.39 is 28.4 Å². The molecule has 7 nitrogen and oxygen atoms in total. The quantitative estimate of drug-likeness (QED) is 0.685. The van der Waals surface area contributed by atoms with E-state index in [2.05, 4.69) is 10.0 Å². The molecule has 2 aromatic carbocycles. The van der Waals surface area contributed by atoms with Crippen molar-refractivity contribution in [3.63, 3.8) is 0 Å². The molecule has 0 radical (unpaired) electrons. The third-order valence-corrected chi connectivity index (χ3v) is 5.67. The van der Waals surface area contributed by atoms with E-state index in [1.807, 2.05) is 26.8 Å². The van der Waals surface area contributed by atoms with Gasteiger partial charge in [-0.25, -0.2) is 8.42 Å². The van der Waals surface area contributed by atoms with Gasteiger partial charge in [0.2, 0.25) is 0 Å². The Labute approximate surface area is 164 Å². The SMILES string of the molecule is Cc1ccc(C(C)(C)C)cc1S(=O)(=O)Nc1ccc(C(=O)NCC(=O)O)cc1. The van der Waals surface area contributed by atoms with Crippen LogP contribution in [0.25, 0.3) is 0 Å². The molecular weight excluding hydrogens is 380 g/mol. The van der Waals surface area contributed by atoms with Crippen LogP contribution >= 0.6 is 0 Å². The number of hydrogen-bond donors (Lipinski definition) is 3. The zero-order valence-corrected chi connectivity index (χ0v) is 17.1. The molecule has 0 spiro atoms. The molecule has 0 aliphatic heterocycles. The van der Waals surface area contributed by atoms with Crippen LogP contribution in [0.15, 0.2) is 47.4 Å². The van der Waals surface area contributed by atoms with Gasteiger partial charge in [-0.2, -0.15) is 0 Å². The van der Waals surface area contributed by atoms with Crippen LogP contribution in [0.5, 0.6) is 0 Å². The molecule has 0 saturated heterocycles. The maximum absolute atomic E-state index is 12.8. The van der Waals surface area contributed by atoms with Crippen LogP contribution in [-0.2, 0) is 20.2 Å². The Morgan fingerprint density at radius 3 is 2.18 bits per heavy atom. The molecule has 2 rings (SSSR count). The average Bonchev–Trinajstić information content (AvgIpc) is 2.59. The normalized spacial score (nSPS) is 11.7. The zero-order valence-electron chi connectivity index (χ0n) is 16.2. The lowest BCUT2D eigenvalue weighted by molar-refractivity contribution is -0.135. The Kier molecular flexibility index (Phi) is 6.14. The van der Waals surface area contributed by atoms with Gasteiger partial charge >= 0.3 is 5.97 Å². The number of aliphatic carboxylic acids is 1. The third-order valence-electron chi connectivity index (χ3n) is 4.14. The second-order valence-corrected chi connectivity index (χ2v) is 9.14. The van der Waals surface area contributed by atoms with Crippen LogP contribution in [0.3, 0.4) is 0 Å². The predicted molar refractivity (Wildman–Crippen MR) is 107 cm³/mol. The number of rotatable bonds is 6. The smallest absolute Gasteiger partial charge is 0.322 e. The first kappa shape index (κ1) is 21.4. The van der Waals surface area contributed by atoms with Crippen LogP contribution in [0, 0.1) is 6.92 Å². The Morgan fingerprint density at radius 1 is 1.04 bits per heavy atom. The minimum Gasteiger partial charge on any atom is -0.480 e. The van der Waals surface area contributed by atoms with E-state index in [0.29, 0.717) is 11.3 Å². The predicted octanol–water partition coefficient (Wildman–Crippen LogP) is 2.91. The highest BCUT2D eigenvalue weighted by Crippen LogP contribution is 2.27. The van der Waals surface area contributed by atoms with Crippen molar-refractivity contribution in [2.45, 2.75) is 38.0 Å². The molecule has 0 atom stereocenters. The summed E-state index contributed by atoms with van der Waals surface area (Å²) >= 11 is 0. The lowest BCUT2D eigenvalue weighted by Crippen LogP contribution is -2.29. The summed E-state index contributed by atoms with van der Waals surface area (Å²) in [4.78, 5) is 22.5. The van der Waals surface area contributed by atoms with Crippen molar-refractivity contribution in [1.82, 2.24) is 5.32 Å². The fourth-order valence-corrected chi connectivity index (χ4v) is 3.84. The molecule has 0 saturated carbocycles. The molecule has 0 bridgehead atoms. The van der Waals surface area contributed by atoms with Gasteiger partial charge < -0.3 is 10.4 Å². The van der Waals surface area contributed by atoms with Gasteiger partial charge in [0.25, 0.3) is 15.9 Å². The number of benzene rings is 2. The number of sulfonamides is 1. The van der Waals surface area contributed by atoms with Crippen molar-refractivity contribution in [3.05, 3.63) is 59.2 Å². The number of carboxylic acids is 1. The van der Waals surface area contributed by atoms with Crippen molar-refractivity contribution >= 4 is 27.6 Å². The van der Waals surface area contributed by atoms with E-state index >= 15 is 0 Å². The molecule has 3 N–H and O–H groups in total. The Hall–Kier alpha value is -2.87. The summed E-state index contributed by atoms with van der Waals surface area (Å²) in [6.45, 7) is 7.27. The van der Waals surface area contributed by atoms with Crippen LogP contribution < -0.4 is 10.0 Å². The highest BCUT2D eigenvalue weighted by Gasteiger charge is 2.21. The van der Waals surface area contributed by atoms with Crippen molar-refractivity contribution in [2.24, 2.45) is 0 Å². The number of hydrogen-bond acceptors (Lipinski definition) is 4. The van der Waals surface area contributed by atoms with Gasteiger partial charge in [-0.1, -0.05) is 32.9 Å². The summed E-state index contributed by atoms with van der Waals surface area (Å²) < 4.78 is 28.2. The van der Waals surface area contributed by atoms with E-state index in [9.17, 15) is 18.0 Å². The second-order valence-electron chi connectivity index (χ2n) is 7.49. The Balaban J connectivity index is 2.23. The second kappa shape index (κ2) is 8.02. The van der Waals surface area contributed by atoms with Gasteiger partial charge in [0.15, 0.2) is 0 Å². The molecular formula is C20H24N2O5S. The summed E-state index contributed by atoms with van der Waals surface area (Å²) in [6, 6.07) is 11.1. The number of nitrogens with one attached hydrogen (secondary N) is 2. The van der Waals surface area contributed by atoms with Crippen molar-refractivity contribution in [3.8, 4) is 0 Å². The Bertz CT molecular complexity index is 990. The van der Waals surface area contributed by atoms with Crippen molar-refractivity contribution in [1.29, 1.82) is 0 Å². The number of amides is 1. The highest BCUT2D eigenvalue weighted by atomic mass is 32.2. The van der Waals surface area contributed by atoms with E-state index in [1.54, 1.807) is 19.1 Å². The first-order valence-electron chi connectivity index (χ1n) is 8.64. The van der Waals surface area contributed by atoms with E-state index in [1.165, 1.54) is 24.3 Å². The number of carboxylic acid groups (broad SMARTS) is 1. The zero-order chi connectivity index (χ0) is 21.1. The van der Waals surface area contributed by atoms with Gasteiger partial charge in [-0.15, -0.1) is 0 Å². The molecule has 0 fully saturated rings. The van der Waals surface area contributed by atoms with Crippen LogP contribution in [0.4, 0.5) is 5.69 Å². The van der Waals surface area contributed by atoms with Crippen LogP contribution in [0.1, 0.15) is 42.3 Å². The van der Waals surface area contributed by atoms with Crippen LogP contribution in [0.2, 0.25) is 0 Å². The van der Waals surface area contributed by atoms with E-state index in [-0.39, 0.29) is 15.9 Å². The van der Waals surface area contributed by atoms with Crippen LogP contribution in [-0.4, -0.2) is 31.9 Å². The molecule has 150 valence electrons. The number of carbonyl (C=O) groups excluding carboxylic acids is 1. The van der Waals surface area contributed by atoms with Gasteiger partial charge in [0.1, 0.15) is 6.54 Å². The first-order valence-corrected chi connectivity index (χ1v) is 10.1. The van der Waals surface area contributed by atoms with Gasteiger partial charge in [0.05, 0.1) is 4.90 Å². The van der Waals surface area contributed by atoms with Crippen molar-refractivity contribution in [2.75, 3.05) is 11.3 Å². The van der Waals surface area contributed by atoms with Crippen molar-refractivity contribution < 1.29 is 23.1 Å². The standard InChI is InChI=1S/C20H24N2O5S/c1-13-5-8-15(20(2,3)4)11-17(13)28(26,27)22-16-9-6-14(7-10-16)19(25)21-12-18(23)24/h5-11,22H,12H2,1-4H3,(H,21,25)(H,23,24). The third kappa shape index (κ3) is 5.32. The molecule has 28 heavy (non-hydrogen) atoms. The van der Waals surface area contributed by atoms with E-state index in [0.717, 1.165) is 5.56 Å². The minimum atomic E-state index is -3.81. The van der Waals surface area contributed by atoms with Gasteiger partial charge in [-0.05, 0) is 53.8 Å². The first-order chi connectivity index (χ1) is 12.9. The number of anilines is 1. The van der Waals surface area contributed by atoms with E-state index in [4.69, 9.17) is 5.11 Å². The maximum atomic E-state index is 12.8. The molecule has 0 aliphatic carbocycles. The molecule has 2 aromatic rings. The summed E-state index contributed by atoms with van der Waals surface area (Å²) in [5.74, 6) is -1.70. The number of aryl methyl sites for hydroxylation is 1. The average molecular weight is 404 g/mol. The maximum Gasteiger partial charge on any atom is 0.322 e. The summed E-state index contributed by atoms with van der Waals surface area (Å²) in [5, 5.41) is 10.8. The fraction of sp³-hybridized carbons (Fsp3) is 0.300. The molecule has 0 heterocycles. The monoisotopic (exact) mass is 404 g/mol. The molecule has 8 heteroatoms. The Morgan fingerprint density at radius 2 is 1.64 bits per heavy atom. The fourth-order valence-electron chi connectivity index (χ4n) is 2.51. The molecule has 0 aromatic heterocycles. The highest BCUT2D eigenvalue weighted by molar-refractivity contribution is 7.92. The minimum absolute atomic E-state index is 0.192. The summed E-state index contributed by atoms with van der Waals surface area (Å²) in [5.41, 5.74) is 1.88. The lowest BCUT2D eigenvalue weighted by Gasteiger charge is -2.21. The largest absolute Gasteiger partial charge is 0.480 e. The summed E-state index contributed by atoms with van der Waals surface area (Å²) in [7, 11) is -3.81. The molecule has 0 unspecified atom stereocenters. The topological polar surface area (TPSA) is 113 Å². The molecule has 1 amide bonds. The van der Waals surface area contributed by atoms with Gasteiger partial charge in [0, 0.05) is 11.3 Å².